The maximum atomic E-state index is 11.9. The van der Waals surface area contributed by atoms with Gasteiger partial charge in [0, 0.05) is 18.3 Å². The molecule has 0 bridgehead atoms. The fourth-order valence-electron chi connectivity index (χ4n) is 2.17. The first-order valence-electron chi connectivity index (χ1n) is 7.17. The van der Waals surface area contributed by atoms with Crippen LogP contribution >= 0.6 is 22.7 Å². The minimum atomic E-state index is -0.0276. The Morgan fingerprint density at radius 3 is 2.87 bits per heavy atom. The Labute approximate surface area is 142 Å². The third-order valence-electron chi connectivity index (χ3n) is 3.30. The van der Waals surface area contributed by atoms with Crippen molar-refractivity contribution in [3.63, 3.8) is 0 Å². The topological polar surface area (TPSA) is 51.2 Å². The molecule has 118 valence electrons. The van der Waals surface area contributed by atoms with E-state index in [9.17, 15) is 4.79 Å². The number of benzene rings is 1. The lowest BCUT2D eigenvalue weighted by Gasteiger charge is -2.04. The Morgan fingerprint density at radius 2 is 2.09 bits per heavy atom. The predicted octanol–water partition coefficient (Wildman–Crippen LogP) is 3.85. The van der Waals surface area contributed by atoms with Gasteiger partial charge in [0.2, 0.25) is 0 Å². The first-order chi connectivity index (χ1) is 11.3. The number of hydrogen-bond donors (Lipinski definition) is 1. The number of para-hydroxylation sites is 1. The molecule has 3 rings (SSSR count). The summed E-state index contributed by atoms with van der Waals surface area (Å²) < 4.78 is 5.37. The highest BCUT2D eigenvalue weighted by atomic mass is 32.1. The molecule has 2 aromatic heterocycles. The summed E-state index contributed by atoms with van der Waals surface area (Å²) >= 11 is 3.03. The van der Waals surface area contributed by atoms with E-state index < -0.39 is 0 Å². The van der Waals surface area contributed by atoms with Gasteiger partial charge in [0.05, 0.1) is 23.2 Å². The second-order valence-corrected chi connectivity index (χ2v) is 6.63. The highest BCUT2D eigenvalue weighted by molar-refractivity contribution is 7.13. The first-order valence-corrected chi connectivity index (χ1v) is 8.93. The van der Waals surface area contributed by atoms with Crippen LogP contribution in [0.1, 0.15) is 15.4 Å². The Bertz CT molecular complexity index is 782. The van der Waals surface area contributed by atoms with Gasteiger partial charge < -0.3 is 10.1 Å². The van der Waals surface area contributed by atoms with E-state index in [4.69, 9.17) is 4.74 Å². The van der Waals surface area contributed by atoms with Crippen molar-refractivity contribution in [2.45, 2.75) is 6.42 Å². The van der Waals surface area contributed by atoms with Gasteiger partial charge in [-0.15, -0.1) is 22.7 Å². The third-order valence-corrected chi connectivity index (χ3v) is 5.09. The quantitative estimate of drug-likeness (QED) is 0.739. The van der Waals surface area contributed by atoms with E-state index in [0.717, 1.165) is 26.9 Å². The van der Waals surface area contributed by atoms with Gasteiger partial charge in [-0.25, -0.2) is 4.98 Å². The maximum absolute atomic E-state index is 11.9. The number of thiophene rings is 1. The van der Waals surface area contributed by atoms with Crippen molar-refractivity contribution in [1.29, 1.82) is 0 Å². The zero-order chi connectivity index (χ0) is 16.1. The molecule has 0 aliphatic carbocycles. The molecule has 2 heterocycles. The van der Waals surface area contributed by atoms with Gasteiger partial charge in [-0.1, -0.05) is 18.2 Å². The van der Waals surface area contributed by atoms with Gasteiger partial charge in [0.25, 0.3) is 5.91 Å². The van der Waals surface area contributed by atoms with Crippen molar-refractivity contribution in [3.05, 3.63) is 57.7 Å². The van der Waals surface area contributed by atoms with E-state index >= 15 is 0 Å². The number of amides is 1. The van der Waals surface area contributed by atoms with Crippen molar-refractivity contribution in [3.8, 4) is 16.3 Å². The van der Waals surface area contributed by atoms with E-state index in [1.807, 2.05) is 47.2 Å². The number of aromatic nitrogens is 1. The Morgan fingerprint density at radius 1 is 1.22 bits per heavy atom. The number of nitrogens with zero attached hydrogens (tertiary/aromatic N) is 1. The molecule has 0 aliphatic rings. The lowest BCUT2D eigenvalue weighted by Crippen LogP contribution is -2.24. The van der Waals surface area contributed by atoms with Crippen LogP contribution in [-0.2, 0) is 6.42 Å². The molecule has 0 saturated heterocycles. The van der Waals surface area contributed by atoms with Crippen LogP contribution in [0.2, 0.25) is 0 Å². The number of ether oxygens (including phenoxy) is 1. The minimum absolute atomic E-state index is 0.0276. The fourth-order valence-corrected chi connectivity index (χ4v) is 3.69. The second-order valence-electron chi connectivity index (χ2n) is 4.83. The summed E-state index contributed by atoms with van der Waals surface area (Å²) in [6.45, 7) is 0.575. The summed E-state index contributed by atoms with van der Waals surface area (Å²) in [7, 11) is 1.66. The van der Waals surface area contributed by atoms with E-state index in [1.165, 1.54) is 11.3 Å². The summed E-state index contributed by atoms with van der Waals surface area (Å²) in [6, 6.07) is 11.5. The largest absolute Gasteiger partial charge is 0.496 e. The summed E-state index contributed by atoms with van der Waals surface area (Å²) in [5.41, 5.74) is 1.97. The second kappa shape index (κ2) is 7.39. The summed E-state index contributed by atoms with van der Waals surface area (Å²) in [6.07, 6.45) is 0.711. The minimum Gasteiger partial charge on any atom is -0.496 e. The first kappa shape index (κ1) is 15.7. The number of thiazole rings is 1. The van der Waals surface area contributed by atoms with Crippen LogP contribution in [0, 0.1) is 0 Å². The zero-order valence-corrected chi connectivity index (χ0v) is 14.2. The number of carbonyl (C=O) groups is 1. The van der Waals surface area contributed by atoms with Crippen LogP contribution in [-0.4, -0.2) is 24.5 Å². The number of hydrogen-bond acceptors (Lipinski definition) is 5. The smallest absolute Gasteiger partial charge is 0.261 e. The van der Waals surface area contributed by atoms with Crippen molar-refractivity contribution in [2.75, 3.05) is 13.7 Å². The number of rotatable bonds is 6. The molecule has 1 N–H and O–H groups in total. The molecule has 0 atom stereocenters. The van der Waals surface area contributed by atoms with Crippen molar-refractivity contribution < 1.29 is 9.53 Å². The van der Waals surface area contributed by atoms with Crippen LogP contribution < -0.4 is 10.1 Å². The van der Waals surface area contributed by atoms with E-state index in [1.54, 1.807) is 18.4 Å². The van der Waals surface area contributed by atoms with E-state index in [-0.39, 0.29) is 5.91 Å². The Kier molecular flexibility index (Phi) is 5.05. The molecule has 6 heteroatoms. The zero-order valence-electron chi connectivity index (χ0n) is 12.6. The normalized spacial score (nSPS) is 10.5. The van der Waals surface area contributed by atoms with Gasteiger partial charge in [0.1, 0.15) is 10.8 Å². The van der Waals surface area contributed by atoms with Crippen molar-refractivity contribution >= 4 is 28.6 Å². The average Bonchev–Trinajstić information content (AvgIpc) is 3.26. The van der Waals surface area contributed by atoms with Crippen LogP contribution in [0.25, 0.3) is 10.6 Å². The molecular formula is C17H16N2O2S2. The van der Waals surface area contributed by atoms with Crippen LogP contribution in [0.5, 0.6) is 5.75 Å². The van der Waals surface area contributed by atoms with Gasteiger partial charge in [-0.05, 0) is 23.6 Å². The van der Waals surface area contributed by atoms with Gasteiger partial charge in [-0.3, -0.25) is 4.79 Å². The van der Waals surface area contributed by atoms with E-state index in [2.05, 4.69) is 10.3 Å². The molecule has 4 nitrogen and oxygen atoms in total. The molecule has 0 spiro atoms. The van der Waals surface area contributed by atoms with Gasteiger partial charge >= 0.3 is 0 Å². The molecule has 1 amide bonds. The lowest BCUT2D eigenvalue weighted by molar-refractivity contribution is 0.0958. The molecule has 0 aliphatic heterocycles. The summed E-state index contributed by atoms with van der Waals surface area (Å²) in [5, 5.41) is 7.77. The Hall–Kier alpha value is -2.18. The third kappa shape index (κ3) is 3.78. The average molecular weight is 344 g/mol. The molecule has 1 aromatic carbocycles. The van der Waals surface area contributed by atoms with Crippen molar-refractivity contribution in [2.24, 2.45) is 0 Å². The molecule has 23 heavy (non-hydrogen) atoms. The SMILES string of the molecule is COc1ccccc1-c1nc(CCNC(=O)c2cccs2)cs1. The highest BCUT2D eigenvalue weighted by Gasteiger charge is 2.10. The number of nitrogens with one attached hydrogen (secondary N) is 1. The molecule has 0 saturated carbocycles. The lowest BCUT2D eigenvalue weighted by atomic mass is 10.2. The molecule has 0 radical (unpaired) electrons. The number of methoxy groups -OCH3 is 1. The van der Waals surface area contributed by atoms with Gasteiger partial charge in [-0.2, -0.15) is 0 Å². The van der Waals surface area contributed by atoms with Crippen molar-refractivity contribution in [1.82, 2.24) is 10.3 Å². The number of carbonyl (C=O) groups excluding carboxylic acids is 1. The summed E-state index contributed by atoms with van der Waals surface area (Å²) in [4.78, 5) is 17.2. The monoisotopic (exact) mass is 344 g/mol. The highest BCUT2D eigenvalue weighted by Crippen LogP contribution is 2.31. The molecular weight excluding hydrogens is 328 g/mol. The summed E-state index contributed by atoms with van der Waals surface area (Å²) in [5.74, 6) is 0.791. The maximum Gasteiger partial charge on any atom is 0.261 e. The standard InChI is InChI=1S/C17H16N2O2S2/c1-21-14-6-3-2-5-13(14)17-19-12(11-23-17)8-9-18-16(20)15-7-4-10-22-15/h2-7,10-11H,8-9H2,1H3,(H,18,20). The molecule has 0 fully saturated rings. The fraction of sp³-hybridized carbons (Fsp3) is 0.176. The van der Waals surface area contributed by atoms with Gasteiger partial charge in [0.15, 0.2) is 0 Å². The van der Waals surface area contributed by atoms with Crippen LogP contribution in [0.3, 0.4) is 0 Å². The van der Waals surface area contributed by atoms with Crippen LogP contribution in [0.4, 0.5) is 0 Å². The Balaban J connectivity index is 1.60. The molecule has 0 unspecified atom stereocenters. The predicted molar refractivity (Wildman–Crippen MR) is 94.5 cm³/mol. The van der Waals surface area contributed by atoms with Crippen LogP contribution in [0.15, 0.2) is 47.2 Å². The molecule has 3 aromatic rings. The van der Waals surface area contributed by atoms with E-state index in [0.29, 0.717) is 13.0 Å².